The van der Waals surface area contributed by atoms with E-state index < -0.39 is 0 Å². The molecule has 1 atom stereocenters. The minimum Gasteiger partial charge on any atom is -0.339 e. The smallest absolute Gasteiger partial charge is 0.255 e. The summed E-state index contributed by atoms with van der Waals surface area (Å²) in [6.07, 6.45) is 13.7. The Hall–Kier alpha value is -2.26. The van der Waals surface area contributed by atoms with Crippen LogP contribution in [0.3, 0.4) is 0 Å². The number of rotatable bonds is 7. The molecule has 5 rings (SSSR count). The fourth-order valence-corrected chi connectivity index (χ4v) is 7.92. The molecule has 3 heterocycles. The Balaban J connectivity index is 1.18. The normalized spacial score (nSPS) is 23.4. The van der Waals surface area contributed by atoms with Crippen molar-refractivity contribution >= 4 is 29.3 Å². The van der Waals surface area contributed by atoms with Gasteiger partial charge in [-0.15, -0.1) is 5.73 Å². The molecule has 2 fully saturated rings. The molecule has 1 aliphatic carbocycles. The fourth-order valence-electron chi connectivity index (χ4n) is 7.18. The number of allylic oxidation sites excluding steroid dienone is 2. The molecule has 2 aromatic rings. The lowest BCUT2D eigenvalue weighted by atomic mass is 9.66. The van der Waals surface area contributed by atoms with E-state index in [1.807, 2.05) is 32.0 Å². The number of aryl methyl sites for hydroxylation is 2. The molecule has 3 nitrogen and oxygen atoms in total. The van der Waals surface area contributed by atoms with Crippen LogP contribution in [0.4, 0.5) is 0 Å². The number of thioether (sulfide) groups is 1. The van der Waals surface area contributed by atoms with Gasteiger partial charge in [-0.3, -0.25) is 9.78 Å². The predicted molar refractivity (Wildman–Crippen MR) is 169 cm³/mol. The van der Waals surface area contributed by atoms with Crippen molar-refractivity contribution in [1.82, 2.24) is 9.88 Å². The molecule has 1 amide bonds. The molecule has 40 heavy (non-hydrogen) atoms. The molecule has 212 valence electrons. The highest BCUT2D eigenvalue weighted by atomic mass is 35.5. The second kappa shape index (κ2) is 12.7. The molecule has 0 spiro atoms. The van der Waals surface area contributed by atoms with Gasteiger partial charge in [0, 0.05) is 29.2 Å². The van der Waals surface area contributed by atoms with Crippen LogP contribution in [0.2, 0.25) is 5.02 Å². The van der Waals surface area contributed by atoms with Crippen LogP contribution in [-0.2, 0) is 0 Å². The maximum absolute atomic E-state index is 13.3. The number of carbonyl (C=O) groups excluding carboxylic acids is 1. The van der Waals surface area contributed by atoms with Gasteiger partial charge in [0.15, 0.2) is 0 Å². The highest BCUT2D eigenvalue weighted by Crippen LogP contribution is 2.47. The fraction of sp³-hybridized carbons (Fsp3) is 0.514. The van der Waals surface area contributed by atoms with Gasteiger partial charge in [0.05, 0.1) is 11.3 Å². The number of hydrogen-bond donors (Lipinski definition) is 0. The molecule has 1 saturated heterocycles. The molecular weight excluding hydrogens is 532 g/mol. The van der Waals surface area contributed by atoms with Crippen molar-refractivity contribution in [3.8, 4) is 0 Å². The number of amides is 1. The van der Waals surface area contributed by atoms with Crippen LogP contribution < -0.4 is 0 Å². The van der Waals surface area contributed by atoms with Crippen LogP contribution in [0.1, 0.15) is 98.3 Å². The van der Waals surface area contributed by atoms with Crippen LogP contribution >= 0.6 is 23.4 Å². The summed E-state index contributed by atoms with van der Waals surface area (Å²) in [5, 5.41) is 3.12. The Morgan fingerprint density at radius 3 is 2.42 bits per heavy atom. The number of likely N-dealkylation sites (tertiary alicyclic amines) is 1. The average Bonchev–Trinajstić information content (AvgIpc) is 2.94. The van der Waals surface area contributed by atoms with Crippen molar-refractivity contribution < 1.29 is 4.79 Å². The summed E-state index contributed by atoms with van der Waals surface area (Å²) in [5.41, 5.74) is 9.22. The Labute approximate surface area is 250 Å². The summed E-state index contributed by atoms with van der Waals surface area (Å²) in [6, 6.07) is 10.5. The van der Waals surface area contributed by atoms with Gasteiger partial charge in [-0.05, 0) is 129 Å². The number of piperidine rings is 1. The largest absolute Gasteiger partial charge is 0.339 e. The van der Waals surface area contributed by atoms with Crippen LogP contribution in [-0.4, -0.2) is 28.9 Å². The van der Waals surface area contributed by atoms with Crippen molar-refractivity contribution in [3.05, 3.63) is 91.6 Å². The van der Waals surface area contributed by atoms with Crippen molar-refractivity contribution in [2.75, 3.05) is 13.1 Å². The molecule has 1 saturated carbocycles. The maximum atomic E-state index is 13.3. The SMILES string of the molecule is CC1=C=CC(CC(c2ccc(Cl)cc2)C2CCC(CC3(C)CCN(C(=O)c4c(C)ccnc4C)CC3)CC2)=CS1. The second-order valence-electron chi connectivity index (χ2n) is 12.7. The Morgan fingerprint density at radius 2 is 1.80 bits per heavy atom. The third kappa shape index (κ3) is 6.96. The van der Waals surface area contributed by atoms with Gasteiger partial charge < -0.3 is 4.90 Å². The van der Waals surface area contributed by atoms with Gasteiger partial charge in [0.1, 0.15) is 0 Å². The molecule has 2 aliphatic heterocycles. The van der Waals surface area contributed by atoms with E-state index >= 15 is 0 Å². The first kappa shape index (κ1) is 29.2. The number of carbonyl (C=O) groups is 1. The monoisotopic (exact) mass is 574 g/mol. The second-order valence-corrected chi connectivity index (χ2v) is 14.2. The highest BCUT2D eigenvalue weighted by molar-refractivity contribution is 8.05. The van der Waals surface area contributed by atoms with Crippen molar-refractivity contribution in [2.45, 2.75) is 85.0 Å². The summed E-state index contributed by atoms with van der Waals surface area (Å²) >= 11 is 8.05. The van der Waals surface area contributed by atoms with Gasteiger partial charge in [-0.25, -0.2) is 0 Å². The van der Waals surface area contributed by atoms with E-state index in [0.29, 0.717) is 17.3 Å². The number of benzene rings is 1. The first-order valence-corrected chi connectivity index (χ1v) is 16.2. The van der Waals surface area contributed by atoms with Gasteiger partial charge in [0.2, 0.25) is 0 Å². The molecule has 0 bridgehead atoms. The van der Waals surface area contributed by atoms with Gasteiger partial charge in [-0.1, -0.05) is 55.3 Å². The van der Waals surface area contributed by atoms with E-state index in [4.69, 9.17) is 11.6 Å². The quantitative estimate of drug-likeness (QED) is 0.309. The van der Waals surface area contributed by atoms with E-state index in [0.717, 1.165) is 60.1 Å². The first-order valence-electron chi connectivity index (χ1n) is 15.0. The maximum Gasteiger partial charge on any atom is 0.255 e. The van der Waals surface area contributed by atoms with Gasteiger partial charge >= 0.3 is 0 Å². The zero-order valence-electron chi connectivity index (χ0n) is 24.5. The molecule has 3 aliphatic rings. The average molecular weight is 575 g/mol. The number of aromatic nitrogens is 1. The summed E-state index contributed by atoms with van der Waals surface area (Å²) in [5.74, 6) is 2.16. The van der Waals surface area contributed by atoms with Crippen molar-refractivity contribution in [3.63, 3.8) is 0 Å². The zero-order valence-corrected chi connectivity index (χ0v) is 26.1. The standard InChI is InChI=1S/C35H43ClN2OS/c1-24-15-18-37-26(3)33(24)34(39)38-19-16-35(4,17-20-38)22-27-7-9-29(10-8-27)32(30-11-13-31(36)14-12-30)21-28-6-5-25(2)40-23-28/h6,11-15,18,23,27,29,32H,7-10,16-17,19-22H2,1-4H3. The lowest BCUT2D eigenvalue weighted by Crippen LogP contribution is -2.43. The van der Waals surface area contributed by atoms with E-state index in [-0.39, 0.29) is 5.91 Å². The Kier molecular flexibility index (Phi) is 9.30. The highest BCUT2D eigenvalue weighted by Gasteiger charge is 2.37. The van der Waals surface area contributed by atoms with E-state index in [1.54, 1.807) is 18.0 Å². The summed E-state index contributed by atoms with van der Waals surface area (Å²) in [6.45, 7) is 10.3. The minimum atomic E-state index is 0.158. The van der Waals surface area contributed by atoms with Gasteiger partial charge in [-0.2, -0.15) is 0 Å². The summed E-state index contributed by atoms with van der Waals surface area (Å²) in [7, 11) is 0. The first-order chi connectivity index (χ1) is 19.2. The molecule has 0 N–H and O–H groups in total. The molecule has 1 unspecified atom stereocenters. The van der Waals surface area contributed by atoms with Gasteiger partial charge in [0.25, 0.3) is 5.91 Å². The van der Waals surface area contributed by atoms with Crippen molar-refractivity contribution in [1.29, 1.82) is 0 Å². The predicted octanol–water partition coefficient (Wildman–Crippen LogP) is 9.65. The lowest BCUT2D eigenvalue weighted by molar-refractivity contribution is 0.0526. The van der Waals surface area contributed by atoms with Crippen LogP contribution in [0, 0.1) is 31.1 Å². The zero-order chi connectivity index (χ0) is 28.3. The molecule has 1 aromatic heterocycles. The number of hydrogen-bond acceptors (Lipinski definition) is 3. The number of nitrogens with zero attached hydrogens (tertiary/aromatic N) is 2. The molecule has 0 radical (unpaired) electrons. The van der Waals surface area contributed by atoms with E-state index in [1.165, 1.54) is 48.1 Å². The lowest BCUT2D eigenvalue weighted by Gasteiger charge is -2.43. The van der Waals surface area contributed by atoms with E-state index in [2.05, 4.69) is 53.1 Å². The molecule has 5 heteroatoms. The Bertz CT molecular complexity index is 1290. The Morgan fingerprint density at radius 1 is 1.10 bits per heavy atom. The minimum absolute atomic E-state index is 0.158. The van der Waals surface area contributed by atoms with Crippen molar-refractivity contribution in [2.24, 2.45) is 17.3 Å². The summed E-state index contributed by atoms with van der Waals surface area (Å²) < 4.78 is 0. The third-order valence-electron chi connectivity index (χ3n) is 9.66. The molecule has 1 aromatic carbocycles. The third-order valence-corrected chi connectivity index (χ3v) is 10.8. The van der Waals surface area contributed by atoms with Crippen LogP contribution in [0.25, 0.3) is 0 Å². The number of halogens is 1. The molecular formula is C35H43ClN2OS. The van der Waals surface area contributed by atoms with Crippen LogP contribution in [0.5, 0.6) is 0 Å². The van der Waals surface area contributed by atoms with Crippen LogP contribution in [0.15, 0.2) is 64.2 Å². The summed E-state index contributed by atoms with van der Waals surface area (Å²) in [4.78, 5) is 21.0. The number of pyridine rings is 1. The topological polar surface area (TPSA) is 33.2 Å². The van der Waals surface area contributed by atoms with E-state index in [9.17, 15) is 4.79 Å².